The fourth-order valence-electron chi connectivity index (χ4n) is 4.90. The van der Waals surface area contributed by atoms with Crippen molar-refractivity contribution < 1.29 is 14.3 Å². The number of carbonyl (C=O) groups is 2. The van der Waals surface area contributed by atoms with Crippen LogP contribution in [0.15, 0.2) is 90.2 Å². The van der Waals surface area contributed by atoms with Crippen LogP contribution in [0, 0.1) is 5.92 Å². The van der Waals surface area contributed by atoms with Gasteiger partial charge in [-0.2, -0.15) is 10.1 Å². The molecule has 0 bridgehead atoms. The zero-order chi connectivity index (χ0) is 31.2. The maximum absolute atomic E-state index is 13.7. The van der Waals surface area contributed by atoms with Gasteiger partial charge in [-0.1, -0.05) is 91.6 Å². The molecule has 2 heterocycles. The Labute approximate surface area is 266 Å². The second kappa shape index (κ2) is 13.9. The Bertz CT molecular complexity index is 1650. The van der Waals surface area contributed by atoms with Crippen molar-refractivity contribution in [1.82, 2.24) is 15.3 Å². The van der Waals surface area contributed by atoms with Crippen molar-refractivity contribution in [2.24, 2.45) is 11.0 Å². The van der Waals surface area contributed by atoms with E-state index in [1.54, 1.807) is 5.01 Å². The molecular formula is C33H32Cl2N6O3. The van der Waals surface area contributed by atoms with Gasteiger partial charge in [-0.15, -0.1) is 0 Å². The third-order valence-corrected chi connectivity index (χ3v) is 7.79. The van der Waals surface area contributed by atoms with Crippen molar-refractivity contribution in [2.45, 2.75) is 32.4 Å². The molecule has 0 saturated heterocycles. The Morgan fingerprint density at radius 3 is 2.27 bits per heavy atom. The number of amides is 1. The van der Waals surface area contributed by atoms with Crippen LogP contribution in [-0.2, 0) is 16.1 Å². The van der Waals surface area contributed by atoms with E-state index in [2.05, 4.69) is 27.8 Å². The molecule has 0 spiro atoms. The van der Waals surface area contributed by atoms with Gasteiger partial charge in [0.25, 0.3) is 5.91 Å². The number of halogens is 2. The van der Waals surface area contributed by atoms with Gasteiger partial charge in [-0.05, 0) is 46.9 Å². The first-order valence-corrected chi connectivity index (χ1v) is 14.9. The second-order valence-electron chi connectivity index (χ2n) is 10.7. The van der Waals surface area contributed by atoms with E-state index in [1.165, 1.54) is 13.3 Å². The summed E-state index contributed by atoms with van der Waals surface area (Å²) in [4.78, 5) is 35.3. The van der Waals surface area contributed by atoms with Gasteiger partial charge in [0.1, 0.15) is 11.6 Å². The molecule has 1 unspecified atom stereocenters. The van der Waals surface area contributed by atoms with Crippen molar-refractivity contribution >= 4 is 52.6 Å². The number of methoxy groups -OCH3 is 1. The molecule has 0 radical (unpaired) electrons. The number of hydrogen-bond donors (Lipinski definition) is 2. The number of aromatic nitrogens is 2. The lowest BCUT2D eigenvalue weighted by atomic mass is 9.90. The van der Waals surface area contributed by atoms with Gasteiger partial charge >= 0.3 is 5.97 Å². The van der Waals surface area contributed by atoms with E-state index < -0.39 is 17.9 Å². The molecule has 9 nitrogen and oxygen atoms in total. The Morgan fingerprint density at radius 1 is 0.977 bits per heavy atom. The quantitative estimate of drug-likeness (QED) is 0.197. The van der Waals surface area contributed by atoms with E-state index in [4.69, 9.17) is 38.0 Å². The van der Waals surface area contributed by atoms with Gasteiger partial charge < -0.3 is 15.4 Å². The molecule has 5 rings (SSSR count). The first-order valence-electron chi connectivity index (χ1n) is 14.1. The number of ether oxygens (including phenoxy) is 1. The van der Waals surface area contributed by atoms with Crippen LogP contribution >= 0.6 is 23.2 Å². The molecule has 0 aliphatic carbocycles. The lowest BCUT2D eigenvalue weighted by Gasteiger charge is -2.22. The highest BCUT2D eigenvalue weighted by atomic mass is 35.5. The van der Waals surface area contributed by atoms with Crippen LogP contribution in [0.2, 0.25) is 10.0 Å². The van der Waals surface area contributed by atoms with Gasteiger partial charge in [-0.3, -0.25) is 4.79 Å². The summed E-state index contributed by atoms with van der Waals surface area (Å²) in [5, 5.41) is 14.0. The highest BCUT2D eigenvalue weighted by molar-refractivity contribution is 6.31. The molecule has 44 heavy (non-hydrogen) atoms. The third kappa shape index (κ3) is 7.18. The summed E-state index contributed by atoms with van der Waals surface area (Å²) in [5.41, 5.74) is 3.92. The minimum Gasteiger partial charge on any atom is -0.467 e. The second-order valence-corrected chi connectivity index (χ2v) is 11.5. The largest absolute Gasteiger partial charge is 0.467 e. The van der Waals surface area contributed by atoms with Crippen molar-refractivity contribution in [3.63, 3.8) is 0 Å². The maximum Gasteiger partial charge on any atom is 0.328 e. The van der Waals surface area contributed by atoms with Crippen LogP contribution in [0.1, 0.15) is 46.8 Å². The van der Waals surface area contributed by atoms with Crippen LogP contribution in [0.25, 0.3) is 0 Å². The Morgan fingerprint density at radius 2 is 1.64 bits per heavy atom. The summed E-state index contributed by atoms with van der Waals surface area (Å²) in [6.45, 7) is 4.51. The van der Waals surface area contributed by atoms with Crippen LogP contribution < -0.4 is 15.6 Å². The summed E-state index contributed by atoms with van der Waals surface area (Å²) in [7, 11) is 1.29. The number of esters is 1. The van der Waals surface area contributed by atoms with Gasteiger partial charge in [0.05, 0.1) is 19.4 Å². The molecule has 2 atom stereocenters. The first-order chi connectivity index (χ1) is 21.2. The fraction of sp³-hybridized carbons (Fsp3) is 0.242. The van der Waals surface area contributed by atoms with Crippen molar-refractivity contribution in [3.8, 4) is 0 Å². The average molecular weight is 632 g/mol. The number of nitrogens with zero attached hydrogens (tertiary/aromatic N) is 4. The topological polar surface area (TPSA) is 109 Å². The smallest absolute Gasteiger partial charge is 0.328 e. The zero-order valence-corrected chi connectivity index (χ0v) is 26.0. The molecule has 1 aliphatic rings. The number of carbonyl (C=O) groups excluding carboxylic acids is 2. The van der Waals surface area contributed by atoms with E-state index in [-0.39, 0.29) is 17.4 Å². The van der Waals surface area contributed by atoms with E-state index in [0.29, 0.717) is 34.9 Å². The Balaban J connectivity index is 1.54. The molecule has 1 amide bonds. The molecule has 4 aromatic rings. The van der Waals surface area contributed by atoms with Crippen LogP contribution in [-0.4, -0.2) is 47.3 Å². The zero-order valence-electron chi connectivity index (χ0n) is 24.5. The standard InChI is InChI=1S/C33H32Cl2N6O3/c1-20(2)28(32(43)44-3)38-31(42)26-18-37-33(36-17-21-9-13-24(34)14-10-21)39-30(26)41-19-27(22-7-5-4-6-8-22)29(40-41)23-11-15-25(35)16-12-23/h4-16,18,20,27-28H,17,19H2,1-3H3,(H,38,42)(H,36,37,39)/t27?,28-/m0/s1. The SMILES string of the molecule is COC(=O)[C@@H](NC(=O)c1cnc(NCc2ccc(Cl)cc2)nc1N1CC(c2ccccc2)C(c2ccc(Cl)cc2)=N1)C(C)C. The van der Waals surface area contributed by atoms with E-state index >= 15 is 0 Å². The van der Waals surface area contributed by atoms with E-state index in [1.807, 2.05) is 80.6 Å². The van der Waals surface area contributed by atoms with E-state index in [0.717, 1.165) is 22.4 Å². The van der Waals surface area contributed by atoms with Gasteiger partial charge in [0.15, 0.2) is 5.82 Å². The van der Waals surface area contributed by atoms with Crippen LogP contribution in [0.4, 0.5) is 11.8 Å². The predicted molar refractivity (Wildman–Crippen MR) is 173 cm³/mol. The number of benzene rings is 3. The average Bonchev–Trinajstić information content (AvgIpc) is 3.49. The molecule has 1 aliphatic heterocycles. The van der Waals surface area contributed by atoms with Crippen molar-refractivity contribution in [2.75, 3.05) is 24.0 Å². The van der Waals surface area contributed by atoms with Crippen LogP contribution in [0.3, 0.4) is 0 Å². The molecular weight excluding hydrogens is 599 g/mol. The lowest BCUT2D eigenvalue weighted by Crippen LogP contribution is -2.45. The minimum absolute atomic E-state index is 0.118. The summed E-state index contributed by atoms with van der Waals surface area (Å²) in [6, 6.07) is 24.1. The van der Waals surface area contributed by atoms with Gasteiger partial charge in [-0.25, -0.2) is 14.8 Å². The summed E-state index contributed by atoms with van der Waals surface area (Å²) in [5.74, 6) is -0.767. The molecule has 1 aromatic heterocycles. The monoisotopic (exact) mass is 630 g/mol. The minimum atomic E-state index is -0.855. The number of hydrazone groups is 1. The first kappa shape index (κ1) is 31.0. The number of anilines is 2. The molecule has 2 N–H and O–H groups in total. The molecule has 226 valence electrons. The third-order valence-electron chi connectivity index (χ3n) is 7.29. The van der Waals surface area contributed by atoms with Crippen LogP contribution in [0.5, 0.6) is 0 Å². The van der Waals surface area contributed by atoms with Gasteiger partial charge in [0.2, 0.25) is 5.95 Å². The molecule has 3 aromatic carbocycles. The highest BCUT2D eigenvalue weighted by Crippen LogP contribution is 2.33. The molecule has 11 heteroatoms. The van der Waals surface area contributed by atoms with E-state index in [9.17, 15) is 9.59 Å². The fourth-order valence-corrected chi connectivity index (χ4v) is 5.16. The number of nitrogens with one attached hydrogen (secondary N) is 2. The molecule has 0 fully saturated rings. The predicted octanol–water partition coefficient (Wildman–Crippen LogP) is 6.33. The van der Waals surface area contributed by atoms with Crippen molar-refractivity contribution in [1.29, 1.82) is 0 Å². The van der Waals surface area contributed by atoms with Gasteiger partial charge in [0, 0.05) is 28.7 Å². The normalized spacial score (nSPS) is 15.1. The highest BCUT2D eigenvalue weighted by Gasteiger charge is 2.34. The summed E-state index contributed by atoms with van der Waals surface area (Å²) >= 11 is 12.2. The van der Waals surface area contributed by atoms with Crippen molar-refractivity contribution in [3.05, 3.63) is 117 Å². The maximum atomic E-state index is 13.7. The number of rotatable bonds is 10. The molecule has 0 saturated carbocycles. The Hall–Kier alpha value is -4.47. The lowest BCUT2D eigenvalue weighted by molar-refractivity contribution is -0.144. The summed E-state index contributed by atoms with van der Waals surface area (Å²) in [6.07, 6.45) is 1.45. The Kier molecular flexibility index (Phi) is 9.77. The number of hydrogen-bond acceptors (Lipinski definition) is 8. The summed E-state index contributed by atoms with van der Waals surface area (Å²) < 4.78 is 4.93.